The molecule has 2 rings (SSSR count). The summed E-state index contributed by atoms with van der Waals surface area (Å²) >= 11 is 0. The molecule has 0 aromatic heterocycles. The Kier molecular flexibility index (Phi) is 3.83. The molecule has 1 heterocycles. The Morgan fingerprint density at radius 1 is 1.13 bits per heavy atom. The Hall–Kier alpha value is -2.58. The van der Waals surface area contributed by atoms with Gasteiger partial charge in [0.2, 0.25) is 0 Å². The van der Waals surface area contributed by atoms with Crippen LogP contribution in [-0.4, -0.2) is 22.8 Å². The van der Waals surface area contributed by atoms with Crippen molar-refractivity contribution in [3.63, 3.8) is 0 Å². The molecule has 0 bridgehead atoms. The van der Waals surface area contributed by atoms with Crippen molar-refractivity contribution in [2.75, 3.05) is 0 Å². The average Bonchev–Trinajstić information content (AvgIpc) is 2.33. The Bertz CT molecular complexity index is 673. The monoisotopic (exact) mass is 334 g/mol. The molecule has 1 aliphatic heterocycles. The van der Waals surface area contributed by atoms with E-state index in [0.717, 1.165) is 0 Å². The summed E-state index contributed by atoms with van der Waals surface area (Å²) in [6.45, 7) is 2.57. The molecule has 0 unspecified atom stereocenters. The van der Waals surface area contributed by atoms with Gasteiger partial charge in [-0.05, 0) is 18.2 Å². The minimum absolute atomic E-state index is 0.134. The van der Waals surface area contributed by atoms with Crippen LogP contribution in [0.5, 0.6) is 5.75 Å². The van der Waals surface area contributed by atoms with Gasteiger partial charge in [-0.15, -0.1) is 0 Å². The molecule has 1 fully saturated rings. The fraction of sp³-hybridized carbons (Fsp3) is 0.286. The maximum atomic E-state index is 13.8. The Labute approximate surface area is 127 Å². The number of ether oxygens (including phenoxy) is 2. The van der Waals surface area contributed by atoms with Crippen molar-refractivity contribution in [3.8, 4) is 5.75 Å². The molecule has 5 nitrogen and oxygen atoms in total. The first kappa shape index (κ1) is 16.8. The van der Waals surface area contributed by atoms with Gasteiger partial charge in [0.1, 0.15) is 17.1 Å². The maximum absolute atomic E-state index is 13.8. The van der Waals surface area contributed by atoms with Crippen molar-refractivity contribution >= 4 is 18.0 Å². The molecular weight excluding hydrogens is 324 g/mol. The smallest absolute Gasteiger partial charge is 0.416 e. The Morgan fingerprint density at radius 3 is 2.09 bits per heavy atom. The zero-order valence-corrected chi connectivity index (χ0v) is 11.8. The van der Waals surface area contributed by atoms with Crippen LogP contribution in [0.25, 0.3) is 6.08 Å². The van der Waals surface area contributed by atoms with Crippen molar-refractivity contribution in [3.05, 3.63) is 34.6 Å². The molecule has 23 heavy (non-hydrogen) atoms. The second-order valence-electron chi connectivity index (χ2n) is 5.13. The summed E-state index contributed by atoms with van der Waals surface area (Å²) in [6, 6.07) is 0.411. The fourth-order valence-electron chi connectivity index (χ4n) is 1.83. The van der Waals surface area contributed by atoms with Crippen LogP contribution in [0, 0.1) is 5.82 Å². The average molecular weight is 334 g/mol. The predicted molar refractivity (Wildman–Crippen MR) is 67.3 cm³/mol. The van der Waals surface area contributed by atoms with Gasteiger partial charge in [0.15, 0.2) is 0 Å². The number of phenolic OH excluding ortho intramolecular Hbond substituents is 1. The second kappa shape index (κ2) is 5.25. The molecule has 0 saturated carbocycles. The van der Waals surface area contributed by atoms with Gasteiger partial charge in [-0.25, -0.2) is 14.0 Å². The van der Waals surface area contributed by atoms with Crippen LogP contribution in [-0.2, 0) is 25.2 Å². The molecule has 9 heteroatoms. The largest absolute Gasteiger partial charge is 0.507 e. The quantitative estimate of drug-likeness (QED) is 0.370. The van der Waals surface area contributed by atoms with Crippen LogP contribution in [0.3, 0.4) is 0 Å². The number of benzene rings is 1. The molecule has 1 saturated heterocycles. The third-order valence-electron chi connectivity index (χ3n) is 2.84. The van der Waals surface area contributed by atoms with E-state index >= 15 is 0 Å². The summed E-state index contributed by atoms with van der Waals surface area (Å²) in [5.41, 5.74) is -2.93. The molecule has 0 aliphatic carbocycles. The summed E-state index contributed by atoms with van der Waals surface area (Å²) in [5.74, 6) is -6.37. The molecule has 1 aromatic carbocycles. The highest BCUT2D eigenvalue weighted by Gasteiger charge is 2.39. The molecule has 1 N–H and O–H groups in total. The normalized spacial score (nSPS) is 17.6. The highest BCUT2D eigenvalue weighted by molar-refractivity contribution is 6.19. The second-order valence-corrected chi connectivity index (χ2v) is 5.13. The number of esters is 2. The number of hydrogen-bond acceptors (Lipinski definition) is 5. The van der Waals surface area contributed by atoms with E-state index < -0.39 is 52.2 Å². The lowest BCUT2D eigenvalue weighted by Crippen LogP contribution is -2.41. The van der Waals surface area contributed by atoms with Crippen LogP contribution in [0.2, 0.25) is 0 Å². The molecule has 0 amide bonds. The molecule has 124 valence electrons. The van der Waals surface area contributed by atoms with E-state index in [2.05, 4.69) is 0 Å². The van der Waals surface area contributed by atoms with Gasteiger partial charge in [-0.1, -0.05) is 0 Å². The maximum Gasteiger partial charge on any atom is 0.416 e. The number of carbonyl (C=O) groups is 2. The summed E-state index contributed by atoms with van der Waals surface area (Å²) in [5, 5.41) is 9.55. The van der Waals surface area contributed by atoms with E-state index in [4.69, 9.17) is 9.47 Å². The van der Waals surface area contributed by atoms with Gasteiger partial charge in [-0.3, -0.25) is 0 Å². The van der Waals surface area contributed by atoms with E-state index in [1.165, 1.54) is 13.8 Å². The number of alkyl halides is 3. The van der Waals surface area contributed by atoms with Gasteiger partial charge in [0, 0.05) is 13.8 Å². The summed E-state index contributed by atoms with van der Waals surface area (Å²) < 4.78 is 60.8. The number of halogens is 4. The highest BCUT2D eigenvalue weighted by Crippen LogP contribution is 2.35. The number of carbonyl (C=O) groups excluding carboxylic acids is 2. The third kappa shape index (κ3) is 3.43. The number of cyclic esters (lactones) is 2. The summed E-state index contributed by atoms with van der Waals surface area (Å²) in [4.78, 5) is 23.4. The summed E-state index contributed by atoms with van der Waals surface area (Å²) in [6.07, 6.45) is -4.29. The Balaban J connectivity index is 2.48. The number of rotatable bonds is 1. The van der Waals surface area contributed by atoms with E-state index in [1.54, 1.807) is 0 Å². The van der Waals surface area contributed by atoms with Crippen molar-refractivity contribution in [1.82, 2.24) is 0 Å². The van der Waals surface area contributed by atoms with E-state index in [-0.39, 0.29) is 12.1 Å². The Morgan fingerprint density at radius 2 is 1.65 bits per heavy atom. The SMILES string of the molecule is CC1(C)OC(=O)C(=Cc2c(O)cc(C(F)(F)F)cc2F)C(=O)O1. The lowest BCUT2D eigenvalue weighted by molar-refractivity contribution is -0.222. The van der Waals surface area contributed by atoms with E-state index in [1.807, 2.05) is 0 Å². The lowest BCUT2D eigenvalue weighted by atomic mass is 10.1. The van der Waals surface area contributed by atoms with Gasteiger partial charge < -0.3 is 14.6 Å². The van der Waals surface area contributed by atoms with Gasteiger partial charge >= 0.3 is 18.1 Å². The number of aromatic hydroxyl groups is 1. The van der Waals surface area contributed by atoms with Crippen molar-refractivity contribution < 1.29 is 41.7 Å². The topological polar surface area (TPSA) is 72.8 Å². The molecule has 0 spiro atoms. The minimum atomic E-state index is -4.86. The lowest BCUT2D eigenvalue weighted by Gasteiger charge is -2.29. The standard InChI is InChI=1S/C14H10F4O5/c1-13(2)22-11(20)8(12(21)23-13)5-7-9(15)3-6(4-10(7)19)14(16,17)18/h3-5,19H,1-2H3. The van der Waals surface area contributed by atoms with E-state index in [9.17, 15) is 32.3 Å². The van der Waals surface area contributed by atoms with Crippen LogP contribution < -0.4 is 0 Å². The molecule has 1 aliphatic rings. The van der Waals surface area contributed by atoms with E-state index in [0.29, 0.717) is 6.08 Å². The van der Waals surface area contributed by atoms with Gasteiger partial charge in [-0.2, -0.15) is 13.2 Å². The molecule has 1 aromatic rings. The van der Waals surface area contributed by atoms with Gasteiger partial charge in [0.25, 0.3) is 5.79 Å². The molecular formula is C14H10F4O5. The first-order chi connectivity index (χ1) is 10.4. The third-order valence-corrected chi connectivity index (χ3v) is 2.84. The van der Waals surface area contributed by atoms with Crippen LogP contribution >= 0.6 is 0 Å². The van der Waals surface area contributed by atoms with Gasteiger partial charge in [0.05, 0.1) is 11.1 Å². The first-order valence-corrected chi connectivity index (χ1v) is 6.19. The highest BCUT2D eigenvalue weighted by atomic mass is 19.4. The predicted octanol–water partition coefficient (Wildman–Crippen LogP) is 2.77. The first-order valence-electron chi connectivity index (χ1n) is 6.19. The van der Waals surface area contributed by atoms with Crippen LogP contribution in [0.1, 0.15) is 25.0 Å². The minimum Gasteiger partial charge on any atom is -0.507 e. The number of phenols is 1. The molecule has 0 radical (unpaired) electrons. The summed E-state index contributed by atoms with van der Waals surface area (Å²) in [7, 11) is 0. The van der Waals surface area contributed by atoms with Crippen LogP contribution in [0.4, 0.5) is 17.6 Å². The zero-order valence-electron chi connectivity index (χ0n) is 11.8. The van der Waals surface area contributed by atoms with Crippen molar-refractivity contribution in [1.29, 1.82) is 0 Å². The molecule has 0 atom stereocenters. The fourth-order valence-corrected chi connectivity index (χ4v) is 1.83. The van der Waals surface area contributed by atoms with Crippen molar-refractivity contribution in [2.24, 2.45) is 0 Å². The van der Waals surface area contributed by atoms with Crippen LogP contribution in [0.15, 0.2) is 17.7 Å². The number of hydrogen-bond donors (Lipinski definition) is 1. The van der Waals surface area contributed by atoms with Crippen molar-refractivity contribution in [2.45, 2.75) is 25.8 Å². The zero-order chi connectivity index (χ0) is 17.6.